The van der Waals surface area contributed by atoms with Crippen molar-refractivity contribution < 1.29 is 32.7 Å². The predicted molar refractivity (Wildman–Crippen MR) is 77.2 cm³/mol. The molecule has 2 atom stereocenters. The Balaban J connectivity index is -0.000000218. The number of rotatable bonds is 6. The topological polar surface area (TPSA) is 0 Å². The molecule has 0 aliphatic rings. The van der Waals surface area contributed by atoms with Crippen molar-refractivity contribution in [1.82, 2.24) is 0 Å². The summed E-state index contributed by atoms with van der Waals surface area (Å²) in [6.45, 7) is 17.8. The molecule has 1 radical (unpaired) electrons. The van der Waals surface area contributed by atoms with Crippen molar-refractivity contribution in [1.29, 1.82) is 0 Å². The molecule has 0 N–H and O–H groups in total. The van der Waals surface area contributed by atoms with Gasteiger partial charge in [0.2, 0.25) is 0 Å². The fourth-order valence-corrected chi connectivity index (χ4v) is 1.76. The molecule has 0 aliphatic carbocycles. The molecule has 0 bridgehead atoms. The molecule has 0 aliphatic heterocycles. The van der Waals surface area contributed by atoms with Crippen molar-refractivity contribution >= 4 is 0 Å². The van der Waals surface area contributed by atoms with Crippen molar-refractivity contribution in [2.75, 3.05) is 0 Å². The van der Waals surface area contributed by atoms with Gasteiger partial charge in [0, 0.05) is 32.7 Å². The Morgan fingerprint density at radius 2 is 0.882 bits per heavy atom. The first-order valence-corrected chi connectivity index (χ1v) is 6.92. The zero-order chi connectivity index (χ0) is 13.1. The van der Waals surface area contributed by atoms with E-state index < -0.39 is 0 Å². The minimum absolute atomic E-state index is 0. The van der Waals surface area contributed by atoms with E-state index in [2.05, 4.69) is 68.2 Å². The molecule has 0 saturated heterocycles. The van der Waals surface area contributed by atoms with E-state index in [0.717, 1.165) is 23.7 Å². The largest absolute Gasteiger partial charge is 0.329 e. The predicted octanol–water partition coefficient (Wildman–Crippen LogP) is 5.78. The van der Waals surface area contributed by atoms with E-state index in [1.165, 1.54) is 12.8 Å². The van der Waals surface area contributed by atoms with Crippen LogP contribution in [0.1, 0.15) is 68.2 Å². The second-order valence-corrected chi connectivity index (χ2v) is 5.88. The SMILES string of the molecule is C[CH-]C(C)CC(C)C.C[CH-]C(C)CC(C)C.[Y]. The van der Waals surface area contributed by atoms with E-state index in [4.69, 9.17) is 0 Å². The number of hydrogen-bond donors (Lipinski definition) is 0. The molecule has 0 aromatic rings. The summed E-state index contributed by atoms with van der Waals surface area (Å²) in [6, 6.07) is 0. The first-order valence-electron chi connectivity index (χ1n) is 6.92. The van der Waals surface area contributed by atoms with Crippen LogP contribution in [0.3, 0.4) is 0 Å². The van der Waals surface area contributed by atoms with Crippen LogP contribution in [0.25, 0.3) is 0 Å². The Bertz CT molecular complexity index is 113. The van der Waals surface area contributed by atoms with Gasteiger partial charge in [-0.1, -0.05) is 54.4 Å². The van der Waals surface area contributed by atoms with E-state index in [9.17, 15) is 0 Å². The summed E-state index contributed by atoms with van der Waals surface area (Å²) in [5, 5.41) is 0. The van der Waals surface area contributed by atoms with Crippen molar-refractivity contribution in [3.63, 3.8) is 0 Å². The Labute approximate surface area is 137 Å². The zero-order valence-electron chi connectivity index (χ0n) is 13.5. The van der Waals surface area contributed by atoms with E-state index in [0.29, 0.717) is 0 Å². The van der Waals surface area contributed by atoms with Gasteiger partial charge in [-0.25, -0.2) is 0 Å². The van der Waals surface area contributed by atoms with Gasteiger partial charge in [0.05, 0.1) is 0 Å². The van der Waals surface area contributed by atoms with Gasteiger partial charge in [-0.2, -0.15) is 25.7 Å². The Kier molecular flexibility index (Phi) is 20.7. The molecule has 0 spiro atoms. The van der Waals surface area contributed by atoms with E-state index >= 15 is 0 Å². The number of hydrogen-bond acceptors (Lipinski definition) is 0. The van der Waals surface area contributed by atoms with Crippen LogP contribution in [0.5, 0.6) is 0 Å². The van der Waals surface area contributed by atoms with Crippen LogP contribution in [0, 0.1) is 36.5 Å². The van der Waals surface area contributed by atoms with Gasteiger partial charge in [0.25, 0.3) is 0 Å². The van der Waals surface area contributed by atoms with Gasteiger partial charge in [0.1, 0.15) is 0 Å². The first kappa shape index (κ1) is 23.2. The molecule has 0 fully saturated rings. The maximum Gasteiger partial charge on any atom is 0 e. The average Bonchev–Trinajstić information content (AvgIpc) is 2.16. The Hall–Kier alpha value is 1.10. The van der Waals surface area contributed by atoms with Crippen LogP contribution in [-0.4, -0.2) is 0 Å². The van der Waals surface area contributed by atoms with Crippen LogP contribution in [0.2, 0.25) is 0 Å². The second kappa shape index (κ2) is 15.2. The maximum atomic E-state index is 2.26. The van der Waals surface area contributed by atoms with E-state index in [1.54, 1.807) is 0 Å². The molecule has 17 heavy (non-hydrogen) atoms. The second-order valence-electron chi connectivity index (χ2n) is 5.88. The van der Waals surface area contributed by atoms with Crippen molar-refractivity contribution in [2.24, 2.45) is 23.7 Å². The fourth-order valence-electron chi connectivity index (χ4n) is 1.76. The van der Waals surface area contributed by atoms with Crippen molar-refractivity contribution in [3.8, 4) is 0 Å². The van der Waals surface area contributed by atoms with Crippen LogP contribution >= 0.6 is 0 Å². The van der Waals surface area contributed by atoms with E-state index in [-0.39, 0.29) is 32.7 Å². The Morgan fingerprint density at radius 1 is 0.647 bits per heavy atom. The molecule has 1 heteroatoms. The minimum atomic E-state index is 0. The zero-order valence-corrected chi connectivity index (χ0v) is 16.3. The van der Waals surface area contributed by atoms with Crippen LogP contribution < -0.4 is 0 Å². The monoisotopic (exact) mass is 315 g/mol. The standard InChI is InChI=1S/2C8H17.Y/c2*1-5-8(4)6-7(2)3;/h2*5,7-8H,6H2,1-4H3;/q2*-1;. The smallest absolute Gasteiger partial charge is 0 e. The molecule has 0 nitrogen and oxygen atoms in total. The van der Waals surface area contributed by atoms with Gasteiger partial charge in [-0.3, -0.25) is 0 Å². The summed E-state index contributed by atoms with van der Waals surface area (Å²) >= 11 is 0. The molecular weight excluding hydrogens is 281 g/mol. The molecule has 0 amide bonds. The molecule has 0 aromatic carbocycles. The van der Waals surface area contributed by atoms with Crippen molar-refractivity contribution in [3.05, 3.63) is 12.8 Å². The molecule has 0 aromatic heterocycles. The maximum absolute atomic E-state index is 2.26. The third-order valence-electron chi connectivity index (χ3n) is 2.82. The van der Waals surface area contributed by atoms with Gasteiger partial charge < -0.3 is 12.8 Å². The molecule has 0 rings (SSSR count). The van der Waals surface area contributed by atoms with Gasteiger partial charge in [-0.05, 0) is 11.8 Å². The summed E-state index contributed by atoms with van der Waals surface area (Å²) in [5.74, 6) is 3.30. The summed E-state index contributed by atoms with van der Waals surface area (Å²) in [6.07, 6.45) is 7.19. The average molecular weight is 315 g/mol. The summed E-state index contributed by atoms with van der Waals surface area (Å²) in [4.78, 5) is 0. The van der Waals surface area contributed by atoms with Gasteiger partial charge in [0.15, 0.2) is 0 Å². The van der Waals surface area contributed by atoms with Gasteiger partial charge >= 0.3 is 0 Å². The van der Waals surface area contributed by atoms with Gasteiger partial charge in [-0.15, -0.1) is 0 Å². The first-order chi connectivity index (χ1) is 7.33. The van der Waals surface area contributed by atoms with Crippen LogP contribution in [-0.2, 0) is 32.7 Å². The molecule has 103 valence electrons. The molecule has 2 unspecified atom stereocenters. The molecular formula is C16H34Y-2. The normalized spacial score (nSPS) is 13.8. The minimum Gasteiger partial charge on any atom is -0.329 e. The summed E-state index contributed by atoms with van der Waals surface area (Å²) < 4.78 is 0. The third kappa shape index (κ3) is 22.7. The van der Waals surface area contributed by atoms with Crippen LogP contribution in [0.4, 0.5) is 0 Å². The summed E-state index contributed by atoms with van der Waals surface area (Å²) in [7, 11) is 0. The summed E-state index contributed by atoms with van der Waals surface area (Å²) in [5.41, 5.74) is 0. The Morgan fingerprint density at radius 3 is 0.941 bits per heavy atom. The van der Waals surface area contributed by atoms with E-state index in [1.807, 2.05) is 0 Å². The quantitative estimate of drug-likeness (QED) is 0.545. The third-order valence-corrected chi connectivity index (χ3v) is 2.82. The van der Waals surface area contributed by atoms with Crippen molar-refractivity contribution in [2.45, 2.75) is 68.2 Å². The molecule has 0 saturated carbocycles. The fraction of sp³-hybridized carbons (Fsp3) is 0.875. The van der Waals surface area contributed by atoms with Crippen LogP contribution in [0.15, 0.2) is 0 Å². The molecule has 0 heterocycles.